The molecule has 0 bridgehead atoms. The molecule has 0 fully saturated rings. The molecule has 0 spiro atoms. The zero-order chi connectivity index (χ0) is 15.5. The molecular formula is C15H25BN2O2. The molecule has 0 aliphatic rings. The number of likely N-dealkylation sites (N-methyl/N-ethyl adjacent to an activating group) is 1. The van der Waals surface area contributed by atoms with Gasteiger partial charge in [0.1, 0.15) is 7.85 Å². The van der Waals surface area contributed by atoms with Gasteiger partial charge in [-0.2, -0.15) is 0 Å². The molecule has 0 atom stereocenters. The maximum absolute atomic E-state index is 11.5. The summed E-state index contributed by atoms with van der Waals surface area (Å²) >= 11 is 0. The van der Waals surface area contributed by atoms with E-state index in [4.69, 9.17) is 0 Å². The molecule has 1 N–H and O–H groups in total. The van der Waals surface area contributed by atoms with Crippen molar-refractivity contribution in [2.75, 3.05) is 19.6 Å². The third-order valence-electron chi connectivity index (χ3n) is 2.94. The van der Waals surface area contributed by atoms with Gasteiger partial charge in [-0.25, -0.2) is 0 Å². The lowest BCUT2D eigenvalue weighted by Gasteiger charge is -2.18. The number of hydrogen-bond acceptors (Lipinski definition) is 3. The number of nitrogens with zero attached hydrogens (tertiary/aromatic N) is 1. The summed E-state index contributed by atoms with van der Waals surface area (Å²) in [5, 5.41) is 2.28. The van der Waals surface area contributed by atoms with E-state index < -0.39 is 11.7 Å². The van der Waals surface area contributed by atoms with Crippen LogP contribution in [0.4, 0.5) is 0 Å². The number of Topliss-reactive ketones (excluding diaryl/α,β-unsaturated/α-hetero) is 1. The minimum atomic E-state index is -0.618. The van der Waals surface area contributed by atoms with Crippen LogP contribution in [0.15, 0.2) is 36.0 Å². The standard InChI is InChI=1S/C15H25BN2O2/c1-5-17-15(20)14(19)9-8-13(16)10-12(4)11-18(6-2)7-3/h5,8,10H,1,6-7,9,11,16H2,2-4H3,(H,17,20)/b12-10+,13-8+. The van der Waals surface area contributed by atoms with Crippen LogP contribution in [0.1, 0.15) is 27.2 Å². The van der Waals surface area contributed by atoms with Crippen molar-refractivity contribution in [2.24, 2.45) is 0 Å². The normalized spacial score (nSPS) is 12.4. The first-order valence-corrected chi connectivity index (χ1v) is 6.95. The van der Waals surface area contributed by atoms with Gasteiger partial charge >= 0.3 is 0 Å². The van der Waals surface area contributed by atoms with Crippen molar-refractivity contribution in [3.8, 4) is 0 Å². The van der Waals surface area contributed by atoms with Gasteiger partial charge < -0.3 is 5.32 Å². The first-order chi connectivity index (χ1) is 9.44. The highest BCUT2D eigenvalue weighted by Crippen LogP contribution is 2.03. The highest BCUT2D eigenvalue weighted by atomic mass is 16.2. The number of ketones is 1. The molecule has 0 aromatic heterocycles. The summed E-state index contributed by atoms with van der Waals surface area (Å²) in [5.41, 5.74) is 2.24. The van der Waals surface area contributed by atoms with Gasteiger partial charge in [-0.3, -0.25) is 14.5 Å². The van der Waals surface area contributed by atoms with E-state index >= 15 is 0 Å². The summed E-state index contributed by atoms with van der Waals surface area (Å²) in [6.07, 6.45) is 5.15. The van der Waals surface area contributed by atoms with E-state index in [0.717, 1.165) is 25.1 Å². The van der Waals surface area contributed by atoms with Crippen LogP contribution in [-0.4, -0.2) is 44.1 Å². The highest BCUT2D eigenvalue weighted by Gasteiger charge is 2.09. The van der Waals surface area contributed by atoms with Crippen LogP contribution in [0, 0.1) is 0 Å². The van der Waals surface area contributed by atoms with Crippen molar-refractivity contribution in [2.45, 2.75) is 27.2 Å². The first kappa shape index (κ1) is 18.4. The number of carbonyl (C=O) groups excluding carboxylic acids is 2. The van der Waals surface area contributed by atoms with Gasteiger partial charge in [-0.15, -0.1) is 0 Å². The topological polar surface area (TPSA) is 49.4 Å². The Labute approximate surface area is 123 Å². The summed E-state index contributed by atoms with van der Waals surface area (Å²) in [5.74, 6) is -1.08. The second kappa shape index (κ2) is 10.2. The molecule has 0 unspecified atom stereocenters. The zero-order valence-corrected chi connectivity index (χ0v) is 13.0. The van der Waals surface area contributed by atoms with Crippen molar-refractivity contribution in [3.63, 3.8) is 0 Å². The van der Waals surface area contributed by atoms with Crippen LogP contribution in [0.3, 0.4) is 0 Å². The van der Waals surface area contributed by atoms with Gasteiger partial charge in [0, 0.05) is 13.0 Å². The SMILES string of the molecule is BC(=C/CC(=O)C(=O)NC=C)/C=C(\C)CN(CC)CC. The predicted octanol–water partition coefficient (Wildman–Crippen LogP) is 1.01. The Morgan fingerprint density at radius 1 is 1.30 bits per heavy atom. The number of rotatable bonds is 9. The third kappa shape index (κ3) is 7.74. The molecule has 0 aromatic carbocycles. The minimum Gasteiger partial charge on any atom is -0.327 e. The molecule has 5 heteroatoms. The summed E-state index contributed by atoms with van der Waals surface area (Å²) in [7, 11) is 1.93. The van der Waals surface area contributed by atoms with Gasteiger partial charge in [0.05, 0.1) is 0 Å². The average molecular weight is 276 g/mol. The number of hydrogen-bond donors (Lipinski definition) is 1. The molecule has 20 heavy (non-hydrogen) atoms. The van der Waals surface area contributed by atoms with Crippen LogP contribution < -0.4 is 5.32 Å². The Morgan fingerprint density at radius 2 is 1.90 bits per heavy atom. The fourth-order valence-electron chi connectivity index (χ4n) is 1.81. The second-order valence-electron chi connectivity index (χ2n) is 4.71. The molecule has 0 aromatic rings. The van der Waals surface area contributed by atoms with Crippen LogP contribution in [0.2, 0.25) is 0 Å². The molecule has 4 nitrogen and oxygen atoms in total. The highest BCUT2D eigenvalue weighted by molar-refractivity contribution is 6.37. The van der Waals surface area contributed by atoms with Crippen molar-refractivity contribution < 1.29 is 9.59 Å². The number of nitrogens with one attached hydrogen (secondary N) is 1. The smallest absolute Gasteiger partial charge is 0.291 e. The first-order valence-electron chi connectivity index (χ1n) is 6.95. The maximum atomic E-state index is 11.5. The van der Waals surface area contributed by atoms with E-state index in [1.54, 1.807) is 6.08 Å². The summed E-state index contributed by atoms with van der Waals surface area (Å²) in [6.45, 7) is 12.6. The van der Waals surface area contributed by atoms with Crippen molar-refractivity contribution in [3.05, 3.63) is 36.0 Å². The summed E-state index contributed by atoms with van der Waals surface area (Å²) in [4.78, 5) is 25.0. The van der Waals surface area contributed by atoms with E-state index in [0.29, 0.717) is 0 Å². The molecule has 0 saturated carbocycles. The molecule has 0 radical (unpaired) electrons. The fourth-order valence-corrected chi connectivity index (χ4v) is 1.81. The number of amides is 1. The van der Waals surface area contributed by atoms with Crippen LogP contribution in [0.5, 0.6) is 0 Å². The molecule has 0 rings (SSSR count). The molecule has 110 valence electrons. The largest absolute Gasteiger partial charge is 0.327 e. The average Bonchev–Trinajstić information content (AvgIpc) is 2.42. The van der Waals surface area contributed by atoms with Gasteiger partial charge in [-0.1, -0.05) is 43.6 Å². The van der Waals surface area contributed by atoms with Crippen LogP contribution in [-0.2, 0) is 9.59 Å². The molecule has 0 aliphatic carbocycles. The lowest BCUT2D eigenvalue weighted by atomic mass is 9.92. The second-order valence-corrected chi connectivity index (χ2v) is 4.71. The number of carbonyl (C=O) groups is 2. The monoisotopic (exact) mass is 276 g/mol. The maximum Gasteiger partial charge on any atom is 0.291 e. The summed E-state index contributed by atoms with van der Waals surface area (Å²) in [6, 6.07) is 0. The van der Waals surface area contributed by atoms with Gasteiger partial charge in [-0.05, 0) is 26.2 Å². The Hall–Kier alpha value is -1.62. The van der Waals surface area contributed by atoms with Gasteiger partial charge in [0.15, 0.2) is 0 Å². The number of allylic oxidation sites excluding steroid dienone is 3. The van der Waals surface area contributed by atoms with Gasteiger partial charge in [0.2, 0.25) is 5.78 Å². The van der Waals surface area contributed by atoms with Crippen molar-refractivity contribution >= 4 is 19.5 Å². The third-order valence-corrected chi connectivity index (χ3v) is 2.94. The van der Waals surface area contributed by atoms with Crippen LogP contribution >= 0.6 is 0 Å². The van der Waals surface area contributed by atoms with Crippen molar-refractivity contribution in [1.29, 1.82) is 0 Å². The van der Waals surface area contributed by atoms with Gasteiger partial charge in [0.25, 0.3) is 5.91 Å². The zero-order valence-electron chi connectivity index (χ0n) is 13.0. The Morgan fingerprint density at radius 3 is 2.40 bits per heavy atom. The van der Waals surface area contributed by atoms with E-state index in [1.807, 2.05) is 7.85 Å². The van der Waals surface area contributed by atoms with Crippen LogP contribution in [0.25, 0.3) is 0 Å². The van der Waals surface area contributed by atoms with E-state index in [1.165, 1.54) is 11.8 Å². The lowest BCUT2D eigenvalue weighted by molar-refractivity contribution is -0.136. The quantitative estimate of drug-likeness (QED) is 0.388. The van der Waals surface area contributed by atoms with E-state index in [2.05, 4.69) is 43.6 Å². The van der Waals surface area contributed by atoms with E-state index in [-0.39, 0.29) is 6.42 Å². The molecule has 0 saturated heterocycles. The lowest BCUT2D eigenvalue weighted by Crippen LogP contribution is -2.26. The Bertz CT molecular complexity index is 410. The molecule has 1 amide bonds. The molecule has 0 aliphatic heterocycles. The Balaban J connectivity index is 4.47. The summed E-state index contributed by atoms with van der Waals surface area (Å²) < 4.78 is 0. The van der Waals surface area contributed by atoms with E-state index in [9.17, 15) is 9.59 Å². The minimum absolute atomic E-state index is 0.112. The Kier molecular flexibility index (Phi) is 9.38. The van der Waals surface area contributed by atoms with Crippen molar-refractivity contribution in [1.82, 2.24) is 10.2 Å². The molecular weight excluding hydrogens is 251 g/mol. The fraction of sp³-hybridized carbons (Fsp3) is 0.467. The molecule has 0 heterocycles. The predicted molar refractivity (Wildman–Crippen MR) is 86.1 cm³/mol.